The Morgan fingerprint density at radius 2 is 2.04 bits per heavy atom. The van der Waals surface area contributed by atoms with Gasteiger partial charge >= 0.3 is 10.1 Å². The average molecular weight is 401 g/mol. The van der Waals surface area contributed by atoms with E-state index >= 15 is 0 Å². The van der Waals surface area contributed by atoms with Crippen LogP contribution in [0.2, 0.25) is 0 Å². The molecule has 0 bridgehead atoms. The summed E-state index contributed by atoms with van der Waals surface area (Å²) in [5.41, 5.74) is 4.62. The molecule has 0 N–H and O–H groups in total. The maximum atomic E-state index is 12.3. The summed E-state index contributed by atoms with van der Waals surface area (Å²) < 4.78 is 34.0. The van der Waals surface area contributed by atoms with E-state index in [2.05, 4.69) is 26.0 Å². The molecule has 7 heteroatoms. The Balaban J connectivity index is 1.88. The van der Waals surface area contributed by atoms with Gasteiger partial charge in [-0.15, -0.1) is 0 Å². The lowest BCUT2D eigenvalue weighted by Crippen LogP contribution is -2.39. The van der Waals surface area contributed by atoms with Gasteiger partial charge in [0.25, 0.3) is 0 Å². The van der Waals surface area contributed by atoms with Gasteiger partial charge in [-0.1, -0.05) is 12.5 Å². The van der Waals surface area contributed by atoms with Gasteiger partial charge in [-0.05, 0) is 55.9 Å². The van der Waals surface area contributed by atoms with Crippen LogP contribution < -0.4 is 9.61 Å². The Morgan fingerprint density at radius 3 is 2.79 bits per heavy atom. The first-order chi connectivity index (χ1) is 13.2. The van der Waals surface area contributed by atoms with Crippen molar-refractivity contribution in [3.63, 3.8) is 0 Å². The van der Waals surface area contributed by atoms with Crippen molar-refractivity contribution in [1.82, 2.24) is 0 Å². The zero-order valence-corrected chi connectivity index (χ0v) is 17.1. The van der Waals surface area contributed by atoms with Gasteiger partial charge in [0.2, 0.25) is 11.2 Å². The molecule has 0 unspecified atom stereocenters. The minimum Gasteiger partial charge on any atom is -0.465 e. The Labute approximate surface area is 164 Å². The van der Waals surface area contributed by atoms with Crippen LogP contribution in [0.25, 0.3) is 0 Å². The molecule has 0 saturated heterocycles. The molecular formula is C21H23NO5S. The number of benzene rings is 1. The topological polar surface area (TPSA) is 85.9 Å². The van der Waals surface area contributed by atoms with Gasteiger partial charge in [-0.3, -0.25) is 9.79 Å². The zero-order valence-electron chi connectivity index (χ0n) is 16.2. The van der Waals surface area contributed by atoms with Crippen LogP contribution in [0.1, 0.15) is 48.1 Å². The van der Waals surface area contributed by atoms with Crippen molar-refractivity contribution < 1.29 is 17.0 Å². The molecule has 1 aliphatic heterocycles. The third-order valence-corrected chi connectivity index (χ3v) is 6.09. The molecule has 2 aromatic rings. The number of hydrogen-bond donors (Lipinski definition) is 0. The van der Waals surface area contributed by atoms with E-state index in [-0.39, 0.29) is 11.5 Å². The standard InChI is InChI=1S/C21H23NO5S/c1-13-10-14(2)19-15(11-13)22-18-6-4-5-8-21(18,19)12-17-20(27-28(3,24)25)16(23)7-9-26-17/h7,9-11H,4-6,8,12H2,1-3H3/t21-/m0/s1. The van der Waals surface area contributed by atoms with Crippen molar-refractivity contribution in [2.24, 2.45) is 4.99 Å². The molecule has 28 heavy (non-hydrogen) atoms. The highest BCUT2D eigenvalue weighted by Gasteiger charge is 2.47. The average Bonchev–Trinajstić information content (AvgIpc) is 2.90. The number of aliphatic imine (C=N–C) groups is 1. The van der Waals surface area contributed by atoms with E-state index in [9.17, 15) is 13.2 Å². The fraction of sp³-hybridized carbons (Fsp3) is 0.429. The first-order valence-corrected chi connectivity index (χ1v) is 11.2. The van der Waals surface area contributed by atoms with Gasteiger partial charge in [0.1, 0.15) is 0 Å². The lowest BCUT2D eigenvalue weighted by atomic mass is 9.65. The second-order valence-corrected chi connectivity index (χ2v) is 9.40. The van der Waals surface area contributed by atoms with E-state index in [0.717, 1.165) is 60.0 Å². The molecular weight excluding hydrogens is 378 g/mol. The quantitative estimate of drug-likeness (QED) is 0.729. The van der Waals surface area contributed by atoms with E-state index in [1.54, 1.807) is 0 Å². The summed E-state index contributed by atoms with van der Waals surface area (Å²) in [6.07, 6.45) is 6.42. The molecule has 1 aromatic carbocycles. The Hall–Kier alpha value is -2.41. The molecule has 1 aliphatic carbocycles. The molecule has 0 amide bonds. The lowest BCUT2D eigenvalue weighted by molar-refractivity contribution is 0.379. The van der Waals surface area contributed by atoms with Crippen LogP contribution in [0.15, 0.2) is 38.7 Å². The zero-order chi connectivity index (χ0) is 20.1. The second-order valence-electron chi connectivity index (χ2n) is 7.83. The minimum absolute atomic E-state index is 0.248. The molecule has 1 saturated carbocycles. The van der Waals surface area contributed by atoms with E-state index in [1.807, 2.05) is 0 Å². The van der Waals surface area contributed by atoms with Crippen LogP contribution in [0, 0.1) is 13.8 Å². The fourth-order valence-electron chi connectivity index (χ4n) is 4.69. The molecule has 6 nitrogen and oxygen atoms in total. The number of rotatable bonds is 4. The first-order valence-electron chi connectivity index (χ1n) is 9.39. The van der Waals surface area contributed by atoms with E-state index < -0.39 is 21.0 Å². The van der Waals surface area contributed by atoms with Crippen LogP contribution in [0.4, 0.5) is 5.69 Å². The summed E-state index contributed by atoms with van der Waals surface area (Å²) in [6.45, 7) is 4.13. The normalized spacial score (nSPS) is 21.0. The maximum Gasteiger partial charge on any atom is 0.306 e. The van der Waals surface area contributed by atoms with Gasteiger partial charge in [0.15, 0.2) is 5.76 Å². The van der Waals surface area contributed by atoms with Crippen LogP contribution in [-0.4, -0.2) is 20.4 Å². The monoisotopic (exact) mass is 401 g/mol. The molecule has 0 radical (unpaired) electrons. The minimum atomic E-state index is -3.85. The summed E-state index contributed by atoms with van der Waals surface area (Å²) in [5.74, 6) is 0.00265. The number of fused-ring (bicyclic) bond motifs is 3. The van der Waals surface area contributed by atoms with Crippen LogP contribution >= 0.6 is 0 Å². The van der Waals surface area contributed by atoms with E-state index in [0.29, 0.717) is 6.42 Å². The molecule has 2 heterocycles. The van der Waals surface area contributed by atoms with Crippen molar-refractivity contribution in [3.8, 4) is 5.75 Å². The van der Waals surface area contributed by atoms with Gasteiger partial charge in [-0.25, -0.2) is 0 Å². The van der Waals surface area contributed by atoms with Crippen molar-refractivity contribution in [2.75, 3.05) is 6.26 Å². The molecule has 1 atom stereocenters. The Bertz CT molecular complexity index is 1150. The first kappa shape index (κ1) is 18.9. The Morgan fingerprint density at radius 1 is 1.25 bits per heavy atom. The lowest BCUT2D eigenvalue weighted by Gasteiger charge is -2.36. The predicted molar refractivity (Wildman–Crippen MR) is 107 cm³/mol. The third kappa shape index (κ3) is 3.17. The molecule has 1 aromatic heterocycles. The van der Waals surface area contributed by atoms with Crippen molar-refractivity contribution in [1.29, 1.82) is 0 Å². The number of nitrogens with zero attached hydrogens (tertiary/aromatic N) is 1. The Kier molecular flexibility index (Phi) is 4.45. The maximum absolute atomic E-state index is 12.3. The van der Waals surface area contributed by atoms with Gasteiger partial charge in [0, 0.05) is 23.6 Å². The molecule has 4 rings (SSSR count). The predicted octanol–water partition coefficient (Wildman–Crippen LogP) is 3.74. The summed E-state index contributed by atoms with van der Waals surface area (Å²) >= 11 is 0. The van der Waals surface area contributed by atoms with Crippen LogP contribution in [-0.2, 0) is 22.0 Å². The summed E-state index contributed by atoms with van der Waals surface area (Å²) in [5, 5.41) is 0. The third-order valence-electron chi connectivity index (χ3n) is 5.62. The molecule has 0 spiro atoms. The highest BCUT2D eigenvalue weighted by Crippen LogP contribution is 2.51. The summed E-state index contributed by atoms with van der Waals surface area (Å²) in [6, 6.07) is 5.40. The van der Waals surface area contributed by atoms with Gasteiger partial charge in [0.05, 0.1) is 18.2 Å². The van der Waals surface area contributed by atoms with Crippen LogP contribution in [0.3, 0.4) is 0 Å². The van der Waals surface area contributed by atoms with Crippen LogP contribution in [0.5, 0.6) is 5.75 Å². The summed E-state index contributed by atoms with van der Waals surface area (Å²) in [4.78, 5) is 17.3. The molecule has 1 fully saturated rings. The smallest absolute Gasteiger partial charge is 0.306 e. The van der Waals surface area contributed by atoms with E-state index in [1.165, 1.54) is 12.3 Å². The van der Waals surface area contributed by atoms with Crippen molar-refractivity contribution >= 4 is 21.5 Å². The second kappa shape index (κ2) is 6.58. The van der Waals surface area contributed by atoms with E-state index in [4.69, 9.17) is 13.6 Å². The van der Waals surface area contributed by atoms with Crippen molar-refractivity contribution in [3.05, 3.63) is 57.1 Å². The molecule has 148 valence electrons. The highest BCUT2D eigenvalue weighted by atomic mass is 32.2. The highest BCUT2D eigenvalue weighted by molar-refractivity contribution is 7.86. The summed E-state index contributed by atoms with van der Waals surface area (Å²) in [7, 11) is -3.85. The SMILES string of the molecule is Cc1cc(C)c2c(c1)N=C1CCCC[C@]12Cc1occc(=O)c1OS(C)(=O)=O. The molecule has 2 aliphatic rings. The van der Waals surface area contributed by atoms with Gasteiger partial charge in [-0.2, -0.15) is 8.42 Å². The number of hydrogen-bond acceptors (Lipinski definition) is 6. The van der Waals surface area contributed by atoms with Crippen molar-refractivity contribution in [2.45, 2.75) is 51.4 Å². The number of aryl methyl sites for hydroxylation is 2. The van der Waals surface area contributed by atoms with Gasteiger partial charge < -0.3 is 8.60 Å². The largest absolute Gasteiger partial charge is 0.465 e. The fourth-order valence-corrected chi connectivity index (χ4v) is 5.17.